The molecule has 1 heterocycles. The molecule has 0 fully saturated rings. The van der Waals surface area contributed by atoms with Crippen LogP contribution in [-0.2, 0) is 0 Å². The largest absolute Gasteiger partial charge is 0.458 e. The van der Waals surface area contributed by atoms with Crippen LogP contribution >= 0.6 is 0 Å². The van der Waals surface area contributed by atoms with E-state index < -0.39 is 24.7 Å². The maximum atomic E-state index is 12.6. The average molecular weight is 281 g/mol. The Morgan fingerprint density at radius 2 is 1.89 bits per heavy atom. The summed E-state index contributed by atoms with van der Waals surface area (Å²) in [5, 5.41) is 0. The van der Waals surface area contributed by atoms with Gasteiger partial charge in [0, 0.05) is 5.69 Å². The molecular weight excluding hydrogens is 273 g/mol. The van der Waals surface area contributed by atoms with Crippen LogP contribution in [0.5, 0.6) is 6.01 Å². The van der Waals surface area contributed by atoms with Gasteiger partial charge in [-0.05, 0) is 18.2 Å². The normalized spacial score (nSPS) is 12.9. The maximum Gasteiger partial charge on any atom is 0.456 e. The van der Waals surface area contributed by atoms with Gasteiger partial charge in [0.1, 0.15) is 0 Å². The SMILES string of the molecule is Nc1ccc2nc(OCC(F)(F)C(F)(F)F)[nH]c2c1. The first-order valence-electron chi connectivity index (χ1n) is 5.02. The summed E-state index contributed by atoms with van der Waals surface area (Å²) in [5.41, 5.74) is 6.59. The lowest BCUT2D eigenvalue weighted by molar-refractivity contribution is -0.290. The number of nitrogens with one attached hydrogen (secondary N) is 1. The summed E-state index contributed by atoms with van der Waals surface area (Å²) in [5.74, 6) is -4.94. The van der Waals surface area contributed by atoms with Crippen molar-refractivity contribution in [3.05, 3.63) is 18.2 Å². The van der Waals surface area contributed by atoms with Gasteiger partial charge in [-0.15, -0.1) is 0 Å². The van der Waals surface area contributed by atoms with Gasteiger partial charge < -0.3 is 15.5 Å². The van der Waals surface area contributed by atoms with E-state index in [4.69, 9.17) is 5.73 Å². The van der Waals surface area contributed by atoms with Crippen molar-refractivity contribution in [1.29, 1.82) is 0 Å². The van der Waals surface area contributed by atoms with Gasteiger partial charge in [0.2, 0.25) is 0 Å². The fraction of sp³-hybridized carbons (Fsp3) is 0.300. The Bertz CT molecular complexity index is 592. The van der Waals surface area contributed by atoms with Crippen molar-refractivity contribution in [1.82, 2.24) is 9.97 Å². The number of fused-ring (bicyclic) bond motifs is 1. The topological polar surface area (TPSA) is 63.9 Å². The molecule has 0 atom stereocenters. The van der Waals surface area contributed by atoms with Gasteiger partial charge in [-0.3, -0.25) is 0 Å². The highest BCUT2D eigenvalue weighted by molar-refractivity contribution is 5.79. The lowest BCUT2D eigenvalue weighted by Gasteiger charge is -2.18. The molecule has 2 aromatic rings. The van der Waals surface area contributed by atoms with Crippen LogP contribution in [0.25, 0.3) is 11.0 Å². The molecule has 9 heteroatoms. The molecule has 1 aromatic heterocycles. The van der Waals surface area contributed by atoms with Gasteiger partial charge >= 0.3 is 12.1 Å². The first-order valence-corrected chi connectivity index (χ1v) is 5.02. The molecule has 0 aliphatic heterocycles. The molecule has 0 saturated carbocycles. The Morgan fingerprint density at radius 3 is 2.53 bits per heavy atom. The molecule has 104 valence electrons. The lowest BCUT2D eigenvalue weighted by Crippen LogP contribution is -2.41. The molecule has 3 N–H and O–H groups in total. The molecule has 0 aliphatic carbocycles. The Hall–Kier alpha value is -2.06. The molecule has 0 aliphatic rings. The Kier molecular flexibility index (Phi) is 2.99. The van der Waals surface area contributed by atoms with Crippen LogP contribution in [0.4, 0.5) is 27.6 Å². The molecule has 4 nitrogen and oxygen atoms in total. The first-order chi connectivity index (χ1) is 8.69. The highest BCUT2D eigenvalue weighted by atomic mass is 19.4. The van der Waals surface area contributed by atoms with Gasteiger partial charge in [0.15, 0.2) is 6.61 Å². The monoisotopic (exact) mass is 281 g/mol. The standard InChI is InChI=1S/C10H8F5N3O/c11-9(12,10(13,14)15)4-19-8-17-6-2-1-5(16)3-7(6)18-8/h1-3H,4,16H2,(H,17,18). The van der Waals surface area contributed by atoms with E-state index in [1.54, 1.807) is 0 Å². The minimum Gasteiger partial charge on any atom is -0.458 e. The highest BCUT2D eigenvalue weighted by Crippen LogP contribution is 2.35. The minimum atomic E-state index is -5.66. The fourth-order valence-corrected chi connectivity index (χ4v) is 1.31. The number of hydrogen-bond acceptors (Lipinski definition) is 3. The molecule has 0 unspecified atom stereocenters. The number of nitrogens with zero attached hydrogens (tertiary/aromatic N) is 1. The second-order valence-corrected chi connectivity index (χ2v) is 3.81. The number of nitrogen functional groups attached to an aromatic ring is 1. The van der Waals surface area contributed by atoms with E-state index >= 15 is 0 Å². The van der Waals surface area contributed by atoms with Gasteiger partial charge in [-0.25, -0.2) is 0 Å². The molecule has 0 bridgehead atoms. The summed E-state index contributed by atoms with van der Waals surface area (Å²) in [6.07, 6.45) is -5.66. The molecule has 0 amide bonds. The van der Waals surface area contributed by atoms with Gasteiger partial charge in [0.05, 0.1) is 11.0 Å². The van der Waals surface area contributed by atoms with Crippen molar-refractivity contribution in [2.24, 2.45) is 0 Å². The third-order valence-corrected chi connectivity index (χ3v) is 2.29. The first kappa shape index (κ1) is 13.4. The van der Waals surface area contributed by atoms with E-state index in [9.17, 15) is 22.0 Å². The molecule has 2 rings (SSSR count). The van der Waals surface area contributed by atoms with Crippen LogP contribution in [0, 0.1) is 0 Å². The van der Waals surface area contributed by atoms with Crippen LogP contribution in [-0.4, -0.2) is 28.7 Å². The third kappa shape index (κ3) is 2.69. The van der Waals surface area contributed by atoms with Crippen LogP contribution in [0.2, 0.25) is 0 Å². The number of alkyl halides is 5. The highest BCUT2D eigenvalue weighted by Gasteiger charge is 2.58. The molecular formula is C10H8F5N3O. The number of halogens is 5. The van der Waals surface area contributed by atoms with Crippen LogP contribution < -0.4 is 10.5 Å². The second-order valence-electron chi connectivity index (χ2n) is 3.81. The smallest absolute Gasteiger partial charge is 0.456 e. The van der Waals surface area contributed by atoms with Crippen LogP contribution in [0.15, 0.2) is 18.2 Å². The minimum absolute atomic E-state index is 0.347. The quantitative estimate of drug-likeness (QED) is 0.671. The van der Waals surface area contributed by atoms with Crippen molar-refractivity contribution in [3.63, 3.8) is 0 Å². The summed E-state index contributed by atoms with van der Waals surface area (Å²) in [7, 11) is 0. The number of nitrogens with two attached hydrogens (primary N) is 1. The number of hydrogen-bond donors (Lipinski definition) is 2. The van der Waals surface area contributed by atoms with E-state index in [2.05, 4.69) is 14.7 Å². The zero-order valence-electron chi connectivity index (χ0n) is 9.26. The zero-order chi connectivity index (χ0) is 14.3. The number of aromatic nitrogens is 2. The van der Waals surface area contributed by atoms with E-state index in [0.717, 1.165) is 0 Å². The zero-order valence-corrected chi connectivity index (χ0v) is 9.26. The summed E-state index contributed by atoms with van der Waals surface area (Å²) >= 11 is 0. The number of H-pyrrole nitrogens is 1. The molecule has 0 radical (unpaired) electrons. The Morgan fingerprint density at radius 1 is 1.21 bits per heavy atom. The number of imidazole rings is 1. The van der Waals surface area contributed by atoms with E-state index in [-0.39, 0.29) is 0 Å². The van der Waals surface area contributed by atoms with Gasteiger partial charge in [-0.2, -0.15) is 26.9 Å². The van der Waals surface area contributed by atoms with Gasteiger partial charge in [0.25, 0.3) is 6.01 Å². The maximum absolute atomic E-state index is 12.6. The van der Waals surface area contributed by atoms with Crippen LogP contribution in [0.3, 0.4) is 0 Å². The third-order valence-electron chi connectivity index (χ3n) is 2.29. The predicted octanol–water partition coefficient (Wildman–Crippen LogP) is 2.72. The Labute approximate surface area is 103 Å². The van der Waals surface area contributed by atoms with E-state index in [1.807, 2.05) is 0 Å². The Balaban J connectivity index is 2.14. The van der Waals surface area contributed by atoms with Crippen LogP contribution in [0.1, 0.15) is 0 Å². The fourth-order valence-electron chi connectivity index (χ4n) is 1.31. The summed E-state index contributed by atoms with van der Waals surface area (Å²) in [4.78, 5) is 6.15. The van der Waals surface area contributed by atoms with Crippen molar-refractivity contribution in [3.8, 4) is 6.01 Å². The average Bonchev–Trinajstić information content (AvgIpc) is 2.67. The molecule has 0 saturated heterocycles. The predicted molar refractivity (Wildman–Crippen MR) is 57.0 cm³/mol. The number of benzene rings is 1. The van der Waals surface area contributed by atoms with Crippen molar-refractivity contribution in [2.75, 3.05) is 12.3 Å². The number of anilines is 1. The lowest BCUT2D eigenvalue weighted by atomic mass is 10.3. The van der Waals surface area contributed by atoms with Crippen molar-refractivity contribution < 1.29 is 26.7 Å². The molecule has 19 heavy (non-hydrogen) atoms. The number of rotatable bonds is 3. The molecule has 1 aromatic carbocycles. The van der Waals surface area contributed by atoms with E-state index in [1.165, 1.54) is 18.2 Å². The summed E-state index contributed by atoms with van der Waals surface area (Å²) in [6.45, 7) is -1.84. The molecule has 0 spiro atoms. The van der Waals surface area contributed by atoms with E-state index in [0.29, 0.717) is 16.7 Å². The van der Waals surface area contributed by atoms with Gasteiger partial charge in [-0.1, -0.05) is 0 Å². The summed E-state index contributed by atoms with van der Waals surface area (Å²) in [6, 6.07) is 4.02. The number of aromatic amines is 1. The summed E-state index contributed by atoms with van der Waals surface area (Å²) < 4.78 is 65.3. The second kappa shape index (κ2) is 4.25. The van der Waals surface area contributed by atoms with Crippen molar-refractivity contribution in [2.45, 2.75) is 12.1 Å². The van der Waals surface area contributed by atoms with Crippen molar-refractivity contribution >= 4 is 16.7 Å². The number of ether oxygens (including phenoxy) is 1.